The number of fused-ring (bicyclic) bond motifs is 2. The predicted molar refractivity (Wildman–Crippen MR) is 103 cm³/mol. The molecule has 3 aromatic heterocycles. The number of rotatable bonds is 4. The number of H-pyrrole nitrogens is 1. The Morgan fingerprint density at radius 2 is 2.00 bits per heavy atom. The normalized spacial score (nSPS) is 12.5. The number of amides is 1. The fourth-order valence-electron chi connectivity index (χ4n) is 3.21. The Kier molecular flexibility index (Phi) is 4.10. The lowest BCUT2D eigenvalue weighted by atomic mass is 10.3. The van der Waals surface area contributed by atoms with E-state index in [1.165, 1.54) is 22.5 Å². The molecule has 10 nitrogen and oxygen atoms in total. The summed E-state index contributed by atoms with van der Waals surface area (Å²) < 4.78 is 3.69. The summed E-state index contributed by atoms with van der Waals surface area (Å²) in [5.41, 5.74) is 1.06. The second kappa shape index (κ2) is 6.48. The summed E-state index contributed by atoms with van der Waals surface area (Å²) in [6.07, 6.45) is 1.46. The van der Waals surface area contributed by atoms with Gasteiger partial charge in [-0.05, 0) is 19.1 Å². The molecule has 0 radical (unpaired) electrons. The van der Waals surface area contributed by atoms with Crippen LogP contribution < -0.4 is 16.6 Å². The number of imidazole rings is 2. The molecule has 1 unspecified atom stereocenters. The van der Waals surface area contributed by atoms with E-state index in [0.717, 1.165) is 15.6 Å². The summed E-state index contributed by atoms with van der Waals surface area (Å²) in [5, 5.41) is 2.77. The Morgan fingerprint density at radius 1 is 1.25 bits per heavy atom. The second-order valence-electron chi connectivity index (χ2n) is 6.69. The van der Waals surface area contributed by atoms with E-state index in [0.29, 0.717) is 5.82 Å². The zero-order chi connectivity index (χ0) is 20.0. The van der Waals surface area contributed by atoms with Crippen LogP contribution in [0.3, 0.4) is 0 Å². The molecule has 144 valence electrons. The molecule has 1 amide bonds. The third-order valence-electron chi connectivity index (χ3n) is 4.70. The zero-order valence-electron chi connectivity index (χ0n) is 15.6. The van der Waals surface area contributed by atoms with Gasteiger partial charge in [0.15, 0.2) is 11.2 Å². The molecular weight excluding hydrogens is 362 g/mol. The lowest BCUT2D eigenvalue weighted by Crippen LogP contribution is -2.44. The van der Waals surface area contributed by atoms with Crippen molar-refractivity contribution in [3.8, 4) is 0 Å². The molecular formula is C18H19N7O3. The number of nitrogens with zero attached hydrogens (tertiary/aromatic N) is 5. The van der Waals surface area contributed by atoms with E-state index in [1.807, 2.05) is 24.3 Å². The molecule has 0 spiro atoms. The molecule has 4 aromatic rings. The lowest BCUT2D eigenvalue weighted by Gasteiger charge is -2.13. The molecule has 0 aliphatic carbocycles. The quantitative estimate of drug-likeness (QED) is 0.523. The first-order valence-electron chi connectivity index (χ1n) is 8.71. The molecule has 0 bridgehead atoms. The van der Waals surface area contributed by atoms with Gasteiger partial charge in [0.05, 0.1) is 23.4 Å². The van der Waals surface area contributed by atoms with E-state index in [4.69, 9.17) is 0 Å². The average Bonchev–Trinajstić information content (AvgIpc) is 3.27. The van der Waals surface area contributed by atoms with Crippen molar-refractivity contribution >= 4 is 28.1 Å². The monoisotopic (exact) mass is 381 g/mol. The summed E-state index contributed by atoms with van der Waals surface area (Å²) >= 11 is 0. The largest absolute Gasteiger partial charge is 0.345 e. The van der Waals surface area contributed by atoms with Crippen molar-refractivity contribution in [1.82, 2.24) is 34.0 Å². The summed E-state index contributed by atoms with van der Waals surface area (Å²) in [6, 6.07) is 7.13. The third kappa shape index (κ3) is 2.79. The van der Waals surface area contributed by atoms with Gasteiger partial charge in [0.2, 0.25) is 5.91 Å². The molecule has 1 atom stereocenters. The average molecular weight is 381 g/mol. The minimum absolute atomic E-state index is 0.264. The van der Waals surface area contributed by atoms with Gasteiger partial charge in [-0.1, -0.05) is 12.1 Å². The summed E-state index contributed by atoms with van der Waals surface area (Å²) in [6.45, 7) is 1.39. The number of hydrogen-bond donors (Lipinski definition) is 2. The van der Waals surface area contributed by atoms with Crippen molar-refractivity contribution < 1.29 is 4.79 Å². The fraction of sp³-hybridized carbons (Fsp3) is 0.278. The summed E-state index contributed by atoms with van der Waals surface area (Å²) in [5.74, 6) is 0.130. The maximum Gasteiger partial charge on any atom is 0.332 e. The van der Waals surface area contributed by atoms with Gasteiger partial charge < -0.3 is 14.9 Å². The van der Waals surface area contributed by atoms with Gasteiger partial charge in [0.25, 0.3) is 5.56 Å². The highest BCUT2D eigenvalue weighted by molar-refractivity contribution is 5.78. The number of aryl methyl sites for hydroxylation is 2. The van der Waals surface area contributed by atoms with Crippen molar-refractivity contribution in [3.05, 3.63) is 57.3 Å². The van der Waals surface area contributed by atoms with E-state index in [9.17, 15) is 14.4 Å². The minimum Gasteiger partial charge on any atom is -0.345 e. The Balaban J connectivity index is 1.61. The van der Waals surface area contributed by atoms with Crippen LogP contribution >= 0.6 is 0 Å². The van der Waals surface area contributed by atoms with Gasteiger partial charge in [0.1, 0.15) is 12.4 Å². The van der Waals surface area contributed by atoms with Crippen LogP contribution in [0.5, 0.6) is 0 Å². The molecule has 0 aliphatic heterocycles. The highest BCUT2D eigenvalue weighted by Crippen LogP contribution is 2.15. The van der Waals surface area contributed by atoms with Crippen LogP contribution in [0.1, 0.15) is 18.8 Å². The molecule has 10 heteroatoms. The lowest BCUT2D eigenvalue weighted by molar-refractivity contribution is -0.122. The van der Waals surface area contributed by atoms with E-state index >= 15 is 0 Å². The van der Waals surface area contributed by atoms with Crippen molar-refractivity contribution in [1.29, 1.82) is 0 Å². The first-order chi connectivity index (χ1) is 13.4. The van der Waals surface area contributed by atoms with Crippen molar-refractivity contribution in [3.63, 3.8) is 0 Å². The van der Waals surface area contributed by atoms with Crippen LogP contribution in [0.2, 0.25) is 0 Å². The van der Waals surface area contributed by atoms with E-state index in [1.54, 1.807) is 14.0 Å². The molecule has 0 saturated carbocycles. The molecule has 0 aliphatic rings. The van der Waals surface area contributed by atoms with Crippen LogP contribution in [0.15, 0.2) is 40.2 Å². The van der Waals surface area contributed by atoms with Crippen molar-refractivity contribution in [2.75, 3.05) is 0 Å². The van der Waals surface area contributed by atoms with E-state index in [-0.39, 0.29) is 11.2 Å². The molecule has 28 heavy (non-hydrogen) atoms. The first-order valence-corrected chi connectivity index (χ1v) is 8.71. The van der Waals surface area contributed by atoms with Crippen LogP contribution in [0.4, 0.5) is 0 Å². The fourth-order valence-corrected chi connectivity index (χ4v) is 3.21. The van der Waals surface area contributed by atoms with Gasteiger partial charge in [0, 0.05) is 14.1 Å². The Morgan fingerprint density at radius 3 is 2.75 bits per heavy atom. The van der Waals surface area contributed by atoms with Gasteiger partial charge >= 0.3 is 5.69 Å². The van der Waals surface area contributed by atoms with Crippen LogP contribution in [-0.2, 0) is 25.4 Å². The highest BCUT2D eigenvalue weighted by Gasteiger charge is 2.19. The van der Waals surface area contributed by atoms with Crippen LogP contribution in [-0.4, -0.2) is 34.6 Å². The smallest absolute Gasteiger partial charge is 0.332 e. The molecule has 2 N–H and O–H groups in total. The highest BCUT2D eigenvalue weighted by atomic mass is 16.2. The number of carbonyl (C=O) groups excluding carboxylic acids is 1. The van der Waals surface area contributed by atoms with Gasteiger partial charge in [-0.15, -0.1) is 0 Å². The Labute approximate surface area is 158 Å². The predicted octanol–water partition coefficient (Wildman–Crippen LogP) is 0.187. The number of carbonyl (C=O) groups is 1. The van der Waals surface area contributed by atoms with Gasteiger partial charge in [-0.3, -0.25) is 14.2 Å². The van der Waals surface area contributed by atoms with Crippen molar-refractivity contribution in [2.24, 2.45) is 14.1 Å². The summed E-state index contributed by atoms with van der Waals surface area (Å²) in [7, 11) is 3.18. The SMILES string of the molecule is CC(NC(=O)Cn1c(=O)c2c(ncn2C)n(C)c1=O)c1nc2ccccc2[nH]1. The minimum atomic E-state index is -0.595. The standard InChI is InChI=1S/C18H19N7O3/c1-10(15-21-11-6-4-5-7-12(11)22-15)20-13(26)8-25-17(27)14-16(19-9-23(14)2)24(3)18(25)28/h4-7,9-10H,8H2,1-3H3,(H,20,26)(H,21,22). The number of hydrogen-bond acceptors (Lipinski definition) is 5. The molecule has 0 fully saturated rings. The van der Waals surface area contributed by atoms with Crippen molar-refractivity contribution in [2.45, 2.75) is 19.5 Å². The van der Waals surface area contributed by atoms with E-state index in [2.05, 4.69) is 20.3 Å². The first kappa shape index (κ1) is 17.7. The maximum absolute atomic E-state index is 12.7. The molecule has 3 heterocycles. The molecule has 0 saturated heterocycles. The number of aromatic nitrogens is 6. The Hall–Kier alpha value is -3.69. The topological polar surface area (TPSA) is 120 Å². The molecule has 1 aromatic carbocycles. The number of nitrogens with one attached hydrogen (secondary N) is 2. The van der Waals surface area contributed by atoms with Gasteiger partial charge in [-0.2, -0.15) is 0 Å². The number of para-hydroxylation sites is 2. The number of benzene rings is 1. The maximum atomic E-state index is 12.7. The number of aromatic amines is 1. The Bertz CT molecular complexity index is 1290. The summed E-state index contributed by atoms with van der Waals surface area (Å²) in [4.78, 5) is 49.4. The zero-order valence-corrected chi connectivity index (χ0v) is 15.6. The van der Waals surface area contributed by atoms with Crippen LogP contribution in [0.25, 0.3) is 22.2 Å². The third-order valence-corrected chi connectivity index (χ3v) is 4.70. The van der Waals surface area contributed by atoms with Crippen LogP contribution in [0, 0.1) is 0 Å². The van der Waals surface area contributed by atoms with E-state index < -0.39 is 29.7 Å². The second-order valence-corrected chi connectivity index (χ2v) is 6.69. The molecule has 4 rings (SSSR count). The van der Waals surface area contributed by atoms with Gasteiger partial charge in [-0.25, -0.2) is 19.3 Å².